The van der Waals surface area contributed by atoms with Crippen molar-refractivity contribution in [1.29, 1.82) is 5.26 Å². The average Bonchev–Trinajstić information content (AvgIpc) is 1.55. The van der Waals surface area contributed by atoms with Crippen molar-refractivity contribution in [2.24, 2.45) is 17.8 Å². The SMILES string of the molecule is CC[C@H](C)[C@@H]1NC(=O)[C@H](CC(C)C)N(C)C(=O)C[C@@H](C)NC(=O)[C@H](C(C)C)N(C)C(=O)C2(CCCC2)NC(=O)C2CCCN2C(=O)[C@H](CCc2ccc(C(F)(F)F)c(Cl)c2)NC(=O)CN(C)C(=O)[C@H](Cc2ccc(C#N)cc2)N(C)C(=O)CN(C)C(=O)CN(C)C1=O. The average molecular weight is 1310 g/mol. The van der Waals surface area contributed by atoms with Crippen LogP contribution in [-0.2, 0) is 71.8 Å². The highest BCUT2D eigenvalue weighted by Crippen LogP contribution is 2.36. The molecule has 0 radical (unpaired) electrons. The minimum Gasteiger partial charge on any atom is -0.351 e. The number of rotatable bonds is 10. The second-order valence-electron chi connectivity index (χ2n) is 25.9. The minimum absolute atomic E-state index is 0.0258. The molecule has 0 bridgehead atoms. The van der Waals surface area contributed by atoms with Crippen molar-refractivity contribution < 1.29 is 65.9 Å². The number of benzene rings is 2. The van der Waals surface area contributed by atoms with Crippen molar-refractivity contribution >= 4 is 76.6 Å². The van der Waals surface area contributed by atoms with Crippen LogP contribution in [0.1, 0.15) is 135 Å². The van der Waals surface area contributed by atoms with E-state index in [-0.39, 0.29) is 69.4 Å². The van der Waals surface area contributed by atoms with Gasteiger partial charge in [0.25, 0.3) is 0 Å². The molecule has 2 aromatic rings. The third kappa shape index (κ3) is 19.1. The third-order valence-electron chi connectivity index (χ3n) is 17.9. The number of nitrogens with zero attached hydrogens (tertiary/aromatic N) is 8. The summed E-state index contributed by atoms with van der Waals surface area (Å²) in [7, 11) is 8.23. The van der Waals surface area contributed by atoms with E-state index in [0.29, 0.717) is 36.8 Å². The molecule has 4 N–H and O–H groups in total. The lowest BCUT2D eigenvalue weighted by atomic mass is 9.92. The van der Waals surface area contributed by atoms with Gasteiger partial charge in [0.1, 0.15) is 41.8 Å². The van der Waals surface area contributed by atoms with E-state index >= 15 is 0 Å². The van der Waals surface area contributed by atoms with Crippen LogP contribution in [0.2, 0.25) is 5.02 Å². The van der Waals surface area contributed by atoms with Crippen LogP contribution in [0.3, 0.4) is 0 Å². The number of amides is 11. The second-order valence-corrected chi connectivity index (χ2v) is 26.3. The number of aryl methyl sites for hydroxylation is 1. The molecule has 27 heteroatoms. The van der Waals surface area contributed by atoms with Crippen molar-refractivity contribution in [2.45, 2.75) is 180 Å². The Hall–Kier alpha value is -7.82. The summed E-state index contributed by atoms with van der Waals surface area (Å²) in [4.78, 5) is 167. The van der Waals surface area contributed by atoms with Gasteiger partial charge in [0.2, 0.25) is 65.0 Å². The molecule has 2 aromatic carbocycles. The van der Waals surface area contributed by atoms with E-state index in [0.717, 1.165) is 31.7 Å². The van der Waals surface area contributed by atoms with Gasteiger partial charge in [0, 0.05) is 67.7 Å². The maximum Gasteiger partial charge on any atom is 0.417 e. The van der Waals surface area contributed by atoms with E-state index < -0.39 is 161 Å². The smallest absolute Gasteiger partial charge is 0.351 e. The fraction of sp³-hybridized carbons (Fsp3) is 0.631. The molecule has 1 unspecified atom stereocenters. The lowest BCUT2D eigenvalue weighted by molar-refractivity contribution is -0.149. The zero-order valence-electron chi connectivity index (χ0n) is 55.2. The number of nitrogens with one attached hydrogen (secondary N) is 4. The van der Waals surface area contributed by atoms with Crippen molar-refractivity contribution in [3.8, 4) is 6.07 Å². The van der Waals surface area contributed by atoms with Crippen LogP contribution in [0.4, 0.5) is 13.2 Å². The largest absolute Gasteiger partial charge is 0.417 e. The summed E-state index contributed by atoms with van der Waals surface area (Å²) in [6.45, 7) is 10.6. The van der Waals surface area contributed by atoms with E-state index in [9.17, 15) is 71.2 Å². The zero-order chi connectivity index (χ0) is 68.9. The molecule has 1 aliphatic carbocycles. The highest BCUT2D eigenvalue weighted by Gasteiger charge is 2.49. The number of carbonyl (C=O) groups excluding carboxylic acids is 11. The highest BCUT2D eigenvalue weighted by atomic mass is 35.5. The molecule has 1 spiro atoms. The van der Waals surface area contributed by atoms with Crippen molar-refractivity contribution in [3.63, 3.8) is 0 Å². The number of carbonyl (C=O) groups is 11. The van der Waals surface area contributed by atoms with Gasteiger partial charge >= 0.3 is 6.18 Å². The van der Waals surface area contributed by atoms with E-state index in [1.165, 1.54) is 75.2 Å². The number of hydrogen-bond acceptors (Lipinski definition) is 12. The van der Waals surface area contributed by atoms with Gasteiger partial charge in [0.15, 0.2) is 0 Å². The van der Waals surface area contributed by atoms with Gasteiger partial charge in [-0.1, -0.05) is 90.6 Å². The summed E-state index contributed by atoms with van der Waals surface area (Å²) >= 11 is 6.10. The molecule has 5 rings (SSSR count). The van der Waals surface area contributed by atoms with Crippen molar-refractivity contribution in [2.75, 3.05) is 68.5 Å². The molecule has 8 atom stereocenters. The van der Waals surface area contributed by atoms with Crippen LogP contribution >= 0.6 is 11.6 Å². The first-order valence-electron chi connectivity index (χ1n) is 31.5. The Labute approximate surface area is 542 Å². The van der Waals surface area contributed by atoms with Crippen LogP contribution in [0.15, 0.2) is 42.5 Å². The second kappa shape index (κ2) is 32.6. The number of fused-ring (bicyclic) bond motifs is 1. The fourth-order valence-electron chi connectivity index (χ4n) is 12.2. The third-order valence-corrected chi connectivity index (χ3v) is 18.2. The Balaban J connectivity index is 1.57. The molecule has 23 nitrogen and oxygen atoms in total. The number of hydrogen-bond donors (Lipinski definition) is 4. The molecular formula is C65H92ClF3N12O11. The predicted molar refractivity (Wildman–Crippen MR) is 336 cm³/mol. The summed E-state index contributed by atoms with van der Waals surface area (Å²) in [5, 5.41) is 20.3. The molecule has 2 saturated heterocycles. The van der Waals surface area contributed by atoms with Gasteiger partial charge < -0.3 is 55.6 Å². The molecule has 3 aliphatic rings. The van der Waals surface area contributed by atoms with Crippen LogP contribution in [0, 0.1) is 29.1 Å². The number of halogens is 4. The monoisotopic (exact) mass is 1310 g/mol. The summed E-state index contributed by atoms with van der Waals surface area (Å²) in [5.41, 5.74) is -1.51. The first-order valence-corrected chi connectivity index (χ1v) is 31.8. The van der Waals surface area contributed by atoms with Crippen molar-refractivity contribution in [3.05, 3.63) is 69.7 Å². The number of nitriles is 1. The predicted octanol–water partition coefficient (Wildman–Crippen LogP) is 4.31. The number of alkyl halides is 3. The summed E-state index contributed by atoms with van der Waals surface area (Å²) in [6.07, 6.45) is -3.02. The molecular weight excluding hydrogens is 1220 g/mol. The van der Waals surface area contributed by atoms with Crippen molar-refractivity contribution in [1.82, 2.24) is 55.6 Å². The van der Waals surface area contributed by atoms with Crippen LogP contribution in [-0.4, -0.2) is 216 Å². The molecule has 0 aromatic heterocycles. The van der Waals surface area contributed by atoms with Crippen LogP contribution in [0.5, 0.6) is 0 Å². The lowest BCUT2D eigenvalue weighted by Crippen LogP contribution is -2.64. The van der Waals surface area contributed by atoms with Crippen LogP contribution in [0.25, 0.3) is 0 Å². The van der Waals surface area contributed by atoms with Gasteiger partial charge in [0.05, 0.1) is 41.9 Å². The highest BCUT2D eigenvalue weighted by molar-refractivity contribution is 6.31. The summed E-state index contributed by atoms with van der Waals surface area (Å²) < 4.78 is 41.3. The van der Waals surface area contributed by atoms with Gasteiger partial charge in [-0.3, -0.25) is 52.7 Å². The van der Waals surface area contributed by atoms with Gasteiger partial charge in [-0.05, 0) is 105 Å². The molecule has 1 saturated carbocycles. The van der Waals surface area contributed by atoms with E-state index in [4.69, 9.17) is 11.6 Å². The summed E-state index contributed by atoms with van der Waals surface area (Å²) in [6, 6.07) is 3.14. The Morgan fingerprint density at radius 2 is 1.28 bits per heavy atom. The van der Waals surface area contributed by atoms with E-state index in [2.05, 4.69) is 21.3 Å². The molecule has 3 fully saturated rings. The van der Waals surface area contributed by atoms with Crippen LogP contribution < -0.4 is 21.3 Å². The maximum atomic E-state index is 15.0. The first kappa shape index (κ1) is 74.9. The van der Waals surface area contributed by atoms with Gasteiger partial charge in [-0.2, -0.15) is 18.4 Å². The first-order chi connectivity index (χ1) is 43.0. The molecule has 2 aliphatic heterocycles. The van der Waals surface area contributed by atoms with E-state index in [1.54, 1.807) is 39.8 Å². The Bertz CT molecular complexity index is 3080. The summed E-state index contributed by atoms with van der Waals surface area (Å²) in [5.74, 6) is -8.50. The number of likely N-dealkylation sites (N-methyl/N-ethyl adjacent to an activating group) is 6. The Morgan fingerprint density at radius 3 is 1.86 bits per heavy atom. The topological polar surface area (TPSA) is 282 Å². The van der Waals surface area contributed by atoms with Gasteiger partial charge in [-0.25, -0.2) is 0 Å². The molecule has 11 amide bonds. The maximum absolute atomic E-state index is 15.0. The van der Waals surface area contributed by atoms with E-state index in [1.807, 2.05) is 26.8 Å². The zero-order valence-corrected chi connectivity index (χ0v) is 56.0. The van der Waals surface area contributed by atoms with Gasteiger partial charge in [-0.15, -0.1) is 0 Å². The lowest BCUT2D eigenvalue weighted by Gasteiger charge is -2.39. The fourth-order valence-corrected chi connectivity index (χ4v) is 12.5. The normalized spacial score (nSPS) is 24.7. The Kier molecular flexibility index (Phi) is 26.6. The molecule has 92 heavy (non-hydrogen) atoms. The minimum atomic E-state index is -4.77. The quantitative estimate of drug-likeness (QED) is 0.259. The Morgan fingerprint density at radius 1 is 0.685 bits per heavy atom. The standard InChI is InChI=1S/C65H92ClF3N12O11/c1-14-40(6)55-62(91)77(10)36-53(84)75(8)37-54(85)79(12)50(33-43-19-21-44(34-70)22-20-43)61(90)76(9)35-51(82)72-47(26-24-42-23-25-45(46(66)32-42)65(67,68)69)60(89)81-29-17-18-48(81)58(87)74-64(27-15-16-28-64)63(92)80(13)56(39(4)5)59(88)71-41(7)31-52(83)78(11)49(30-38(2)3)57(86)73-55/h19-23,25,32,38-41,47-50,55-56H,14-18,24,26-31,33,35-37H2,1-13H3,(H,71,88)(H,72,82)(H,73,86)(H,74,87)/t40-,41+,47-,48?,49-,50-,55-,56-/m0/s1. The molecule has 2 heterocycles. The molecule has 506 valence electrons.